The summed E-state index contributed by atoms with van der Waals surface area (Å²) in [5, 5.41) is 3.39. The highest BCUT2D eigenvalue weighted by Gasteiger charge is 2.43. The van der Waals surface area contributed by atoms with E-state index in [4.69, 9.17) is 4.42 Å². The van der Waals surface area contributed by atoms with Crippen LogP contribution in [0.15, 0.2) is 27.9 Å². The molecule has 18 heavy (non-hydrogen) atoms. The highest BCUT2D eigenvalue weighted by atomic mass is 32.2. The van der Waals surface area contributed by atoms with Gasteiger partial charge in [0.15, 0.2) is 0 Å². The predicted molar refractivity (Wildman–Crippen MR) is 66.6 cm³/mol. The zero-order valence-corrected chi connectivity index (χ0v) is 11.1. The summed E-state index contributed by atoms with van der Waals surface area (Å²) in [4.78, 5) is 0. The van der Waals surface area contributed by atoms with Gasteiger partial charge in [0.05, 0.1) is 6.26 Å². The Hall–Kier alpha value is -0.850. The summed E-state index contributed by atoms with van der Waals surface area (Å²) in [6.45, 7) is 3.24. The first kappa shape index (κ1) is 12.2. The number of nitrogens with one attached hydrogen (secondary N) is 1. The number of nitrogens with zero attached hydrogens (tertiary/aromatic N) is 1. The first-order valence-corrected chi connectivity index (χ1v) is 7.81. The maximum absolute atomic E-state index is 12.3. The smallest absolute Gasteiger partial charge is 0.276 e. The van der Waals surface area contributed by atoms with E-state index in [-0.39, 0.29) is 10.5 Å². The number of rotatable bonds is 2. The summed E-state index contributed by atoms with van der Waals surface area (Å²) in [5.74, 6) is 0. The third-order valence-corrected chi connectivity index (χ3v) is 5.89. The van der Waals surface area contributed by atoms with Gasteiger partial charge in [0.2, 0.25) is 5.09 Å². The van der Waals surface area contributed by atoms with Crippen LogP contribution in [0.5, 0.6) is 0 Å². The minimum absolute atomic E-state index is 0.0634. The van der Waals surface area contributed by atoms with Crippen molar-refractivity contribution in [3.8, 4) is 0 Å². The second-order valence-corrected chi connectivity index (χ2v) is 7.14. The van der Waals surface area contributed by atoms with Crippen LogP contribution in [0.2, 0.25) is 0 Å². The molecule has 0 bridgehead atoms. The second kappa shape index (κ2) is 4.36. The molecule has 1 aromatic heterocycles. The lowest BCUT2D eigenvalue weighted by molar-refractivity contribution is 0.217. The molecular formula is C12H18N2O3S. The first-order chi connectivity index (χ1) is 8.62. The van der Waals surface area contributed by atoms with E-state index in [0.717, 1.165) is 32.4 Å². The van der Waals surface area contributed by atoms with Crippen LogP contribution in [0.25, 0.3) is 0 Å². The maximum atomic E-state index is 12.3. The molecule has 100 valence electrons. The average molecular weight is 270 g/mol. The van der Waals surface area contributed by atoms with E-state index in [2.05, 4.69) is 5.32 Å². The number of sulfonamides is 1. The highest BCUT2D eigenvalue weighted by Crippen LogP contribution is 2.40. The molecule has 0 aliphatic carbocycles. The summed E-state index contributed by atoms with van der Waals surface area (Å²) >= 11 is 0. The van der Waals surface area contributed by atoms with Gasteiger partial charge in [-0.25, -0.2) is 8.42 Å². The van der Waals surface area contributed by atoms with Gasteiger partial charge in [-0.05, 0) is 49.9 Å². The Morgan fingerprint density at radius 1 is 1.28 bits per heavy atom. The summed E-state index contributed by atoms with van der Waals surface area (Å²) < 4.78 is 31.3. The van der Waals surface area contributed by atoms with Crippen LogP contribution in [0, 0.1) is 5.41 Å². The summed E-state index contributed by atoms with van der Waals surface area (Å²) in [7, 11) is -3.42. The van der Waals surface area contributed by atoms with Gasteiger partial charge in [-0.1, -0.05) is 0 Å². The van der Waals surface area contributed by atoms with Gasteiger partial charge in [-0.3, -0.25) is 0 Å². The van der Waals surface area contributed by atoms with Crippen LogP contribution in [-0.4, -0.2) is 38.9 Å². The molecule has 5 nitrogen and oxygen atoms in total. The summed E-state index contributed by atoms with van der Waals surface area (Å²) in [6.07, 6.45) is 4.51. The van der Waals surface area contributed by atoms with Crippen LogP contribution < -0.4 is 5.32 Å². The van der Waals surface area contributed by atoms with Gasteiger partial charge in [0, 0.05) is 13.1 Å². The van der Waals surface area contributed by atoms with Crippen molar-refractivity contribution in [2.24, 2.45) is 5.41 Å². The number of hydrogen-bond donors (Lipinski definition) is 1. The molecule has 0 radical (unpaired) electrons. The van der Waals surface area contributed by atoms with Crippen molar-refractivity contribution in [3.05, 3.63) is 18.4 Å². The molecule has 2 aliphatic rings. The Morgan fingerprint density at radius 3 is 2.72 bits per heavy atom. The number of furan rings is 1. The molecule has 1 spiro atoms. The summed E-state index contributed by atoms with van der Waals surface area (Å²) in [6, 6.07) is 3.13. The fourth-order valence-corrected chi connectivity index (χ4v) is 4.46. The zero-order valence-electron chi connectivity index (χ0n) is 10.3. The lowest BCUT2D eigenvalue weighted by Gasteiger charge is -2.33. The topological polar surface area (TPSA) is 62.6 Å². The normalized spacial score (nSPS) is 24.7. The molecule has 1 aromatic rings. The molecule has 3 heterocycles. The Labute approximate surface area is 107 Å². The second-order valence-electron chi connectivity index (χ2n) is 5.27. The Morgan fingerprint density at radius 2 is 2.06 bits per heavy atom. The molecule has 0 unspecified atom stereocenters. The molecule has 0 saturated carbocycles. The van der Waals surface area contributed by atoms with Crippen LogP contribution in [0.3, 0.4) is 0 Å². The maximum Gasteiger partial charge on any atom is 0.276 e. The highest BCUT2D eigenvalue weighted by molar-refractivity contribution is 7.89. The van der Waals surface area contributed by atoms with E-state index in [9.17, 15) is 8.42 Å². The van der Waals surface area contributed by atoms with Crippen molar-refractivity contribution in [3.63, 3.8) is 0 Å². The van der Waals surface area contributed by atoms with Crippen molar-refractivity contribution in [2.75, 3.05) is 26.2 Å². The molecular weight excluding hydrogens is 252 g/mol. The molecule has 0 aromatic carbocycles. The van der Waals surface area contributed by atoms with Crippen LogP contribution in [-0.2, 0) is 10.0 Å². The van der Waals surface area contributed by atoms with Crippen LogP contribution in [0.4, 0.5) is 0 Å². The Kier molecular flexibility index (Phi) is 2.96. The monoisotopic (exact) mass is 270 g/mol. The standard InChI is InChI=1S/C12H18N2O3S/c15-18(16,11-2-1-9-17-11)14-8-5-12(10-14)3-6-13-7-4-12/h1-2,9,13H,3-8,10H2. The third-order valence-electron chi connectivity index (χ3n) is 4.16. The van der Waals surface area contributed by atoms with Crippen LogP contribution >= 0.6 is 0 Å². The minimum atomic E-state index is -3.42. The van der Waals surface area contributed by atoms with E-state index in [1.165, 1.54) is 12.3 Å². The molecule has 0 amide bonds. The minimum Gasteiger partial charge on any atom is -0.452 e. The van der Waals surface area contributed by atoms with Crippen molar-refractivity contribution >= 4 is 10.0 Å². The van der Waals surface area contributed by atoms with Gasteiger partial charge >= 0.3 is 0 Å². The van der Waals surface area contributed by atoms with Crippen molar-refractivity contribution in [1.82, 2.24) is 9.62 Å². The number of hydrogen-bond acceptors (Lipinski definition) is 4. The van der Waals surface area contributed by atoms with E-state index in [1.54, 1.807) is 10.4 Å². The van der Waals surface area contributed by atoms with E-state index < -0.39 is 10.0 Å². The molecule has 1 N–H and O–H groups in total. The van der Waals surface area contributed by atoms with Crippen molar-refractivity contribution < 1.29 is 12.8 Å². The molecule has 2 saturated heterocycles. The van der Waals surface area contributed by atoms with Gasteiger partial charge in [0.1, 0.15) is 0 Å². The van der Waals surface area contributed by atoms with E-state index in [0.29, 0.717) is 13.1 Å². The van der Waals surface area contributed by atoms with E-state index in [1.807, 2.05) is 0 Å². The van der Waals surface area contributed by atoms with Gasteiger partial charge in [-0.15, -0.1) is 0 Å². The number of piperidine rings is 1. The Balaban J connectivity index is 1.80. The van der Waals surface area contributed by atoms with Crippen molar-refractivity contribution in [1.29, 1.82) is 0 Å². The summed E-state index contributed by atoms with van der Waals surface area (Å²) in [5.41, 5.74) is 0.185. The van der Waals surface area contributed by atoms with E-state index >= 15 is 0 Å². The van der Waals surface area contributed by atoms with Gasteiger partial charge in [0.25, 0.3) is 10.0 Å². The zero-order chi connectivity index (χ0) is 12.6. The fraction of sp³-hybridized carbons (Fsp3) is 0.667. The van der Waals surface area contributed by atoms with Crippen molar-refractivity contribution in [2.45, 2.75) is 24.4 Å². The van der Waals surface area contributed by atoms with Gasteiger partial charge in [-0.2, -0.15) is 4.31 Å². The average Bonchev–Trinajstić information content (AvgIpc) is 3.00. The fourth-order valence-electron chi connectivity index (χ4n) is 3.00. The molecule has 3 rings (SSSR count). The molecule has 2 fully saturated rings. The first-order valence-electron chi connectivity index (χ1n) is 6.37. The van der Waals surface area contributed by atoms with Crippen LogP contribution in [0.1, 0.15) is 19.3 Å². The lowest BCUT2D eigenvalue weighted by atomic mass is 9.78. The lowest BCUT2D eigenvalue weighted by Crippen LogP contribution is -2.39. The van der Waals surface area contributed by atoms with Gasteiger partial charge < -0.3 is 9.73 Å². The quantitative estimate of drug-likeness (QED) is 0.872. The molecule has 2 aliphatic heterocycles. The third kappa shape index (κ3) is 1.98. The Bertz CT molecular complexity index is 503. The molecule has 6 heteroatoms. The largest absolute Gasteiger partial charge is 0.452 e. The SMILES string of the molecule is O=S(=O)(c1ccco1)N1CCC2(CCNCC2)C1. The molecule has 0 atom stereocenters. The predicted octanol–water partition coefficient (Wildman–Crippen LogP) is 1.04.